The number of hydrogen-bond acceptors (Lipinski definition) is 3. The van der Waals surface area contributed by atoms with E-state index in [4.69, 9.17) is 5.73 Å². The molecule has 1 aromatic rings. The molecule has 1 rings (SSSR count). The second-order valence-corrected chi connectivity index (χ2v) is 5.87. The van der Waals surface area contributed by atoms with E-state index in [0.717, 1.165) is 12.0 Å². The Morgan fingerprint density at radius 2 is 1.94 bits per heavy atom. The minimum Gasteiger partial charge on any atom is -0.369 e. The molecule has 0 saturated heterocycles. The van der Waals surface area contributed by atoms with Crippen molar-refractivity contribution in [1.29, 1.82) is 0 Å². The van der Waals surface area contributed by atoms with Gasteiger partial charge in [-0.15, -0.1) is 0 Å². The molecule has 0 heterocycles. The Balaban J connectivity index is 2.89. The number of guanidine groups is 1. The van der Waals surface area contributed by atoms with Crippen molar-refractivity contribution >= 4 is 16.0 Å². The van der Waals surface area contributed by atoms with Gasteiger partial charge in [0.25, 0.3) is 10.0 Å². The van der Waals surface area contributed by atoms with Crippen molar-refractivity contribution in [2.24, 2.45) is 10.7 Å². The molecule has 3 N–H and O–H groups in total. The van der Waals surface area contributed by atoms with Crippen molar-refractivity contribution in [3.8, 4) is 0 Å². The predicted molar refractivity (Wildman–Crippen MR) is 72.9 cm³/mol. The Labute approximate surface area is 108 Å². The normalized spacial score (nSPS) is 14.3. The number of nitrogens with one attached hydrogen (secondary N) is 1. The number of aliphatic imine (C=N–C) groups is 1. The van der Waals surface area contributed by atoms with Crippen LogP contribution < -0.4 is 10.5 Å². The molecule has 18 heavy (non-hydrogen) atoms. The number of nitrogens with zero attached hydrogens (tertiary/aromatic N) is 1. The van der Waals surface area contributed by atoms with Gasteiger partial charge in [0, 0.05) is 0 Å². The van der Waals surface area contributed by atoms with Crippen LogP contribution in [0, 0.1) is 6.92 Å². The van der Waals surface area contributed by atoms with Crippen molar-refractivity contribution in [1.82, 2.24) is 4.72 Å². The van der Waals surface area contributed by atoms with Gasteiger partial charge in [-0.1, -0.05) is 24.6 Å². The van der Waals surface area contributed by atoms with Gasteiger partial charge in [0.05, 0.1) is 10.9 Å². The zero-order valence-corrected chi connectivity index (χ0v) is 11.7. The molecule has 1 atom stereocenters. The first-order chi connectivity index (χ1) is 8.35. The van der Waals surface area contributed by atoms with Crippen LogP contribution in [0.3, 0.4) is 0 Å². The average Bonchev–Trinajstić information content (AvgIpc) is 2.28. The molecule has 0 radical (unpaired) electrons. The number of sulfonamides is 1. The van der Waals surface area contributed by atoms with E-state index in [0.29, 0.717) is 0 Å². The standard InChI is InChI=1S/C12H19N3O2S/c1-4-10(3)14-12(13)15-18(16,17)11-7-5-9(2)6-8-11/h5-8,10H,4H2,1-3H3,(H3,13,14,15). The molecule has 0 fully saturated rings. The Kier molecular flexibility index (Phi) is 4.72. The summed E-state index contributed by atoms with van der Waals surface area (Å²) in [6, 6.07) is 6.53. The number of hydrogen-bond donors (Lipinski definition) is 2. The van der Waals surface area contributed by atoms with Gasteiger partial charge in [-0.25, -0.2) is 18.1 Å². The zero-order chi connectivity index (χ0) is 13.8. The summed E-state index contributed by atoms with van der Waals surface area (Å²) in [5, 5.41) is 0. The molecule has 0 aromatic heterocycles. The maximum atomic E-state index is 12.0. The predicted octanol–water partition coefficient (Wildman–Crippen LogP) is 1.39. The van der Waals surface area contributed by atoms with Crippen LogP contribution in [0.2, 0.25) is 0 Å². The van der Waals surface area contributed by atoms with E-state index < -0.39 is 10.0 Å². The lowest BCUT2D eigenvalue weighted by molar-refractivity contribution is 0.592. The van der Waals surface area contributed by atoms with Crippen molar-refractivity contribution in [3.63, 3.8) is 0 Å². The summed E-state index contributed by atoms with van der Waals surface area (Å²) in [5.74, 6) is -0.0788. The van der Waals surface area contributed by atoms with Gasteiger partial charge in [0.15, 0.2) is 0 Å². The highest BCUT2D eigenvalue weighted by Crippen LogP contribution is 2.09. The third-order valence-electron chi connectivity index (χ3n) is 2.52. The third-order valence-corrected chi connectivity index (χ3v) is 3.89. The minimum absolute atomic E-state index is 0.00859. The van der Waals surface area contributed by atoms with Gasteiger partial charge in [0.2, 0.25) is 5.96 Å². The Bertz CT molecular complexity index is 521. The Hall–Kier alpha value is -1.56. The van der Waals surface area contributed by atoms with Crippen LogP contribution in [0.1, 0.15) is 25.8 Å². The first kappa shape index (κ1) is 14.5. The molecule has 6 heteroatoms. The van der Waals surface area contributed by atoms with Crippen LogP contribution in [-0.4, -0.2) is 20.4 Å². The first-order valence-corrected chi connectivity index (χ1v) is 7.26. The summed E-state index contributed by atoms with van der Waals surface area (Å²) < 4.78 is 26.2. The first-order valence-electron chi connectivity index (χ1n) is 5.78. The lowest BCUT2D eigenvalue weighted by Crippen LogP contribution is -2.37. The van der Waals surface area contributed by atoms with Crippen LogP contribution in [0.25, 0.3) is 0 Å². The fraction of sp³-hybridized carbons (Fsp3) is 0.417. The molecule has 5 nitrogen and oxygen atoms in total. The lowest BCUT2D eigenvalue weighted by Gasteiger charge is -2.09. The molecule has 0 saturated carbocycles. The van der Waals surface area contributed by atoms with E-state index in [-0.39, 0.29) is 16.9 Å². The molecule has 100 valence electrons. The fourth-order valence-corrected chi connectivity index (χ4v) is 2.21. The third kappa shape index (κ3) is 4.03. The van der Waals surface area contributed by atoms with Gasteiger partial charge in [-0.2, -0.15) is 0 Å². The van der Waals surface area contributed by atoms with Crippen LogP contribution in [0.4, 0.5) is 0 Å². The summed E-state index contributed by atoms with van der Waals surface area (Å²) in [6.45, 7) is 5.71. The van der Waals surface area contributed by atoms with Crippen LogP contribution in [0.15, 0.2) is 34.2 Å². The van der Waals surface area contributed by atoms with Gasteiger partial charge in [0.1, 0.15) is 0 Å². The van der Waals surface area contributed by atoms with Crippen LogP contribution in [0.5, 0.6) is 0 Å². The fourth-order valence-electron chi connectivity index (χ4n) is 1.27. The van der Waals surface area contributed by atoms with E-state index in [1.54, 1.807) is 12.1 Å². The average molecular weight is 269 g/mol. The SMILES string of the molecule is CCC(C)N=C(N)NS(=O)(=O)c1ccc(C)cc1. The van der Waals surface area contributed by atoms with E-state index >= 15 is 0 Å². The monoisotopic (exact) mass is 269 g/mol. The van der Waals surface area contributed by atoms with Crippen molar-refractivity contribution in [2.45, 2.75) is 38.1 Å². The van der Waals surface area contributed by atoms with Crippen molar-refractivity contribution in [2.75, 3.05) is 0 Å². The van der Waals surface area contributed by atoms with Crippen molar-refractivity contribution < 1.29 is 8.42 Å². The maximum absolute atomic E-state index is 12.0. The van der Waals surface area contributed by atoms with Gasteiger partial charge < -0.3 is 5.73 Å². The highest BCUT2D eigenvalue weighted by atomic mass is 32.2. The zero-order valence-electron chi connectivity index (χ0n) is 10.8. The summed E-state index contributed by atoms with van der Waals surface area (Å²) in [5.41, 5.74) is 6.56. The number of aryl methyl sites for hydroxylation is 1. The molecule has 0 bridgehead atoms. The van der Waals surface area contributed by atoms with E-state index in [9.17, 15) is 8.42 Å². The summed E-state index contributed by atoms with van der Waals surface area (Å²) in [6.07, 6.45) is 0.799. The molecular weight excluding hydrogens is 250 g/mol. The van der Waals surface area contributed by atoms with E-state index in [1.165, 1.54) is 12.1 Å². The molecule has 0 amide bonds. The molecule has 1 aromatic carbocycles. The highest BCUT2D eigenvalue weighted by molar-refractivity contribution is 7.90. The van der Waals surface area contributed by atoms with E-state index in [1.807, 2.05) is 20.8 Å². The topological polar surface area (TPSA) is 84.5 Å². The summed E-state index contributed by atoms with van der Waals surface area (Å²) in [7, 11) is -3.64. The molecule has 0 aliphatic rings. The molecular formula is C12H19N3O2S. The molecule has 0 spiro atoms. The smallest absolute Gasteiger partial charge is 0.264 e. The second kappa shape index (κ2) is 5.86. The molecule has 1 unspecified atom stereocenters. The minimum atomic E-state index is -3.64. The van der Waals surface area contributed by atoms with Gasteiger partial charge in [-0.05, 0) is 32.4 Å². The maximum Gasteiger partial charge on any atom is 0.264 e. The number of nitrogens with two attached hydrogens (primary N) is 1. The van der Waals surface area contributed by atoms with Crippen LogP contribution >= 0.6 is 0 Å². The molecule has 0 aliphatic heterocycles. The van der Waals surface area contributed by atoms with Gasteiger partial charge in [-0.3, -0.25) is 0 Å². The summed E-state index contributed by atoms with van der Waals surface area (Å²) in [4.78, 5) is 4.20. The van der Waals surface area contributed by atoms with Crippen LogP contribution in [-0.2, 0) is 10.0 Å². The number of benzene rings is 1. The Morgan fingerprint density at radius 1 is 1.39 bits per heavy atom. The largest absolute Gasteiger partial charge is 0.369 e. The van der Waals surface area contributed by atoms with Crippen molar-refractivity contribution in [3.05, 3.63) is 29.8 Å². The highest BCUT2D eigenvalue weighted by Gasteiger charge is 2.14. The summed E-state index contributed by atoms with van der Waals surface area (Å²) >= 11 is 0. The quantitative estimate of drug-likeness (QED) is 0.640. The lowest BCUT2D eigenvalue weighted by atomic mass is 10.2. The molecule has 0 aliphatic carbocycles. The Morgan fingerprint density at radius 3 is 2.44 bits per heavy atom. The van der Waals surface area contributed by atoms with E-state index in [2.05, 4.69) is 9.71 Å². The second-order valence-electron chi connectivity index (χ2n) is 4.19. The number of rotatable bonds is 4. The van der Waals surface area contributed by atoms with Gasteiger partial charge >= 0.3 is 0 Å².